The molecule has 0 unspecified atom stereocenters. The maximum atomic E-state index is 13.3. The van der Waals surface area contributed by atoms with Gasteiger partial charge in [-0.15, -0.1) is 0 Å². The van der Waals surface area contributed by atoms with Crippen molar-refractivity contribution in [2.45, 2.75) is 5.92 Å². The molecule has 0 bridgehead atoms. The molecule has 1 aromatic heterocycles. The Labute approximate surface area is 86.7 Å². The molecule has 0 spiro atoms. The SMILES string of the molecule is O=C1NCC(F)(F)c2c1ccnc2Br. The number of alkyl halides is 2. The molecule has 1 aliphatic rings. The Kier molecular flexibility index (Phi) is 2.02. The van der Waals surface area contributed by atoms with Crippen LogP contribution in [0.5, 0.6) is 0 Å². The summed E-state index contributed by atoms with van der Waals surface area (Å²) in [5.41, 5.74) is -0.355. The summed E-state index contributed by atoms with van der Waals surface area (Å²) in [6.45, 7) is -0.677. The van der Waals surface area contributed by atoms with Crippen LogP contribution in [0.4, 0.5) is 8.78 Å². The molecule has 0 aromatic carbocycles. The number of carbonyl (C=O) groups is 1. The first-order valence-electron chi connectivity index (χ1n) is 3.83. The zero-order valence-corrected chi connectivity index (χ0v) is 8.44. The van der Waals surface area contributed by atoms with Gasteiger partial charge < -0.3 is 5.32 Å². The quantitative estimate of drug-likeness (QED) is 0.723. The van der Waals surface area contributed by atoms with Crippen molar-refractivity contribution in [3.8, 4) is 0 Å². The van der Waals surface area contributed by atoms with E-state index < -0.39 is 18.4 Å². The molecular weight excluding hydrogens is 258 g/mol. The van der Waals surface area contributed by atoms with Crippen LogP contribution in [-0.4, -0.2) is 17.4 Å². The number of hydrogen-bond donors (Lipinski definition) is 1. The number of nitrogens with zero attached hydrogens (tertiary/aromatic N) is 1. The van der Waals surface area contributed by atoms with Crippen molar-refractivity contribution in [2.24, 2.45) is 0 Å². The lowest BCUT2D eigenvalue weighted by molar-refractivity contribution is -0.00951. The van der Waals surface area contributed by atoms with Gasteiger partial charge >= 0.3 is 0 Å². The highest BCUT2D eigenvalue weighted by Crippen LogP contribution is 2.36. The fourth-order valence-electron chi connectivity index (χ4n) is 1.35. The van der Waals surface area contributed by atoms with Crippen molar-refractivity contribution in [3.05, 3.63) is 28.0 Å². The fraction of sp³-hybridized carbons (Fsp3) is 0.250. The Bertz CT molecular complexity index is 408. The smallest absolute Gasteiger partial charge is 0.293 e. The van der Waals surface area contributed by atoms with Crippen LogP contribution in [0, 0.1) is 0 Å². The summed E-state index contributed by atoms with van der Waals surface area (Å²) in [6, 6.07) is 1.28. The zero-order chi connectivity index (χ0) is 10.3. The van der Waals surface area contributed by atoms with E-state index in [1.54, 1.807) is 0 Å². The van der Waals surface area contributed by atoms with Crippen molar-refractivity contribution in [3.63, 3.8) is 0 Å². The molecule has 2 heterocycles. The number of halogens is 3. The Morgan fingerprint density at radius 3 is 2.93 bits per heavy atom. The number of nitrogens with one attached hydrogen (secondary N) is 1. The first-order chi connectivity index (χ1) is 6.52. The second-order valence-electron chi connectivity index (χ2n) is 2.91. The van der Waals surface area contributed by atoms with Crippen LogP contribution >= 0.6 is 15.9 Å². The van der Waals surface area contributed by atoms with E-state index >= 15 is 0 Å². The maximum Gasteiger partial charge on any atom is 0.293 e. The van der Waals surface area contributed by atoms with Crippen molar-refractivity contribution in [2.75, 3.05) is 6.54 Å². The van der Waals surface area contributed by atoms with E-state index in [1.807, 2.05) is 0 Å². The van der Waals surface area contributed by atoms with Crippen molar-refractivity contribution in [1.82, 2.24) is 10.3 Å². The summed E-state index contributed by atoms with van der Waals surface area (Å²) in [7, 11) is 0. The van der Waals surface area contributed by atoms with Gasteiger partial charge in [-0.25, -0.2) is 4.98 Å². The molecule has 0 saturated carbocycles. The van der Waals surface area contributed by atoms with Gasteiger partial charge in [-0.3, -0.25) is 4.79 Å². The van der Waals surface area contributed by atoms with Gasteiger partial charge in [-0.05, 0) is 22.0 Å². The highest BCUT2D eigenvalue weighted by Gasteiger charge is 2.42. The van der Waals surface area contributed by atoms with Crippen molar-refractivity contribution < 1.29 is 13.6 Å². The number of carbonyl (C=O) groups excluding carboxylic acids is 1. The van der Waals surface area contributed by atoms with Crippen LogP contribution in [-0.2, 0) is 5.92 Å². The third-order valence-corrected chi connectivity index (χ3v) is 2.59. The molecule has 0 radical (unpaired) electrons. The second-order valence-corrected chi connectivity index (χ2v) is 3.66. The van der Waals surface area contributed by atoms with Gasteiger partial charge in [0.15, 0.2) is 0 Å². The number of pyridine rings is 1. The van der Waals surface area contributed by atoms with Gasteiger partial charge in [0.25, 0.3) is 11.8 Å². The molecule has 1 amide bonds. The van der Waals surface area contributed by atoms with Gasteiger partial charge in [0, 0.05) is 6.20 Å². The van der Waals surface area contributed by atoms with Crippen molar-refractivity contribution in [1.29, 1.82) is 0 Å². The van der Waals surface area contributed by atoms with E-state index in [0.717, 1.165) is 0 Å². The Morgan fingerprint density at radius 1 is 1.57 bits per heavy atom. The predicted molar refractivity (Wildman–Crippen MR) is 48.2 cm³/mol. The monoisotopic (exact) mass is 262 g/mol. The third kappa shape index (κ3) is 1.30. The molecule has 6 heteroatoms. The molecular formula is C8H5BrF2N2O. The van der Waals surface area contributed by atoms with Crippen LogP contribution in [0.3, 0.4) is 0 Å². The minimum absolute atomic E-state index is 0.0230. The van der Waals surface area contributed by atoms with Gasteiger partial charge in [0.1, 0.15) is 4.60 Å². The molecule has 0 saturated heterocycles. The standard InChI is InChI=1S/C8H5BrF2N2O/c9-6-5-4(1-2-12-6)7(14)13-3-8(5,10)11/h1-2H,3H2,(H,13,14). The lowest BCUT2D eigenvalue weighted by Crippen LogP contribution is -2.42. The molecule has 0 atom stereocenters. The highest BCUT2D eigenvalue weighted by molar-refractivity contribution is 9.10. The molecule has 0 aliphatic carbocycles. The fourth-order valence-corrected chi connectivity index (χ4v) is 1.97. The molecule has 1 aliphatic heterocycles. The maximum absolute atomic E-state index is 13.3. The van der Waals surface area contributed by atoms with E-state index in [2.05, 4.69) is 26.2 Å². The number of rotatable bonds is 0. The minimum Gasteiger partial charge on any atom is -0.346 e. The molecule has 0 fully saturated rings. The van der Waals surface area contributed by atoms with E-state index in [9.17, 15) is 13.6 Å². The summed E-state index contributed by atoms with van der Waals surface area (Å²) in [4.78, 5) is 14.9. The summed E-state index contributed by atoms with van der Waals surface area (Å²) in [5, 5.41) is 2.12. The van der Waals surface area contributed by atoms with E-state index in [4.69, 9.17) is 0 Å². The minimum atomic E-state index is -3.06. The molecule has 14 heavy (non-hydrogen) atoms. The van der Waals surface area contributed by atoms with Crippen LogP contribution in [0.15, 0.2) is 16.9 Å². The molecule has 1 aromatic rings. The molecule has 3 nitrogen and oxygen atoms in total. The van der Waals surface area contributed by atoms with Crippen molar-refractivity contribution >= 4 is 21.8 Å². The van der Waals surface area contributed by atoms with Crippen LogP contribution in [0.1, 0.15) is 15.9 Å². The topological polar surface area (TPSA) is 42.0 Å². The van der Waals surface area contributed by atoms with E-state index in [1.165, 1.54) is 12.3 Å². The largest absolute Gasteiger partial charge is 0.346 e. The number of aromatic nitrogens is 1. The highest BCUT2D eigenvalue weighted by atomic mass is 79.9. The Hall–Kier alpha value is -1.04. The van der Waals surface area contributed by atoms with Gasteiger partial charge in [-0.1, -0.05) is 0 Å². The summed E-state index contributed by atoms with van der Waals surface area (Å²) < 4.78 is 26.7. The average Bonchev–Trinajstić information content (AvgIpc) is 2.12. The Morgan fingerprint density at radius 2 is 2.29 bits per heavy atom. The third-order valence-electron chi connectivity index (χ3n) is 1.99. The molecule has 1 N–H and O–H groups in total. The second kappa shape index (κ2) is 2.98. The summed E-state index contributed by atoms with van der Waals surface area (Å²) >= 11 is 2.91. The summed E-state index contributed by atoms with van der Waals surface area (Å²) in [5.74, 6) is -3.55. The molecule has 2 rings (SSSR count). The van der Waals surface area contributed by atoms with E-state index in [-0.39, 0.29) is 15.7 Å². The zero-order valence-electron chi connectivity index (χ0n) is 6.85. The lowest BCUT2D eigenvalue weighted by Gasteiger charge is -2.25. The van der Waals surface area contributed by atoms with Crippen LogP contribution in [0.2, 0.25) is 0 Å². The first-order valence-corrected chi connectivity index (χ1v) is 4.62. The normalized spacial score (nSPS) is 18.6. The average molecular weight is 263 g/mol. The van der Waals surface area contributed by atoms with Gasteiger partial charge in [0.2, 0.25) is 0 Å². The number of hydrogen-bond acceptors (Lipinski definition) is 2. The molecule has 74 valence electrons. The van der Waals surface area contributed by atoms with Gasteiger partial charge in [0.05, 0.1) is 17.7 Å². The summed E-state index contributed by atoms with van der Waals surface area (Å²) in [6.07, 6.45) is 1.31. The Balaban J connectivity index is 2.70. The lowest BCUT2D eigenvalue weighted by atomic mass is 10.00. The van der Waals surface area contributed by atoms with Gasteiger partial charge in [-0.2, -0.15) is 8.78 Å². The predicted octanol–water partition coefficient (Wildman–Crippen LogP) is 1.68. The first kappa shape index (κ1) is 9.51. The van der Waals surface area contributed by atoms with Crippen LogP contribution < -0.4 is 5.32 Å². The van der Waals surface area contributed by atoms with Crippen LogP contribution in [0.25, 0.3) is 0 Å². The van der Waals surface area contributed by atoms with E-state index in [0.29, 0.717) is 0 Å². The number of amides is 1. The number of fused-ring (bicyclic) bond motifs is 1.